The van der Waals surface area contributed by atoms with Crippen molar-refractivity contribution >= 4 is 0 Å². The van der Waals surface area contributed by atoms with Crippen LogP contribution in [-0.4, -0.2) is 12.6 Å². The smallest absolute Gasteiger partial charge is 0.0479 e. The standard InChI is InChI=1S/C13H20N2/c1-3-9-15-11(2)13(14)10-12-7-5-4-6-8-12/h4-8,13,15H,2-3,9-10,14H2,1H3. The van der Waals surface area contributed by atoms with Crippen LogP contribution in [0.4, 0.5) is 0 Å². The van der Waals surface area contributed by atoms with Gasteiger partial charge in [0.2, 0.25) is 0 Å². The summed E-state index contributed by atoms with van der Waals surface area (Å²) in [7, 11) is 0. The molecule has 0 radical (unpaired) electrons. The van der Waals surface area contributed by atoms with E-state index in [1.807, 2.05) is 18.2 Å². The van der Waals surface area contributed by atoms with E-state index >= 15 is 0 Å². The molecule has 1 aromatic rings. The fourth-order valence-corrected chi connectivity index (χ4v) is 1.41. The van der Waals surface area contributed by atoms with Crippen molar-refractivity contribution in [3.63, 3.8) is 0 Å². The Morgan fingerprint density at radius 2 is 2.07 bits per heavy atom. The van der Waals surface area contributed by atoms with Crippen molar-refractivity contribution in [2.24, 2.45) is 5.73 Å². The Bertz CT molecular complexity index is 293. The van der Waals surface area contributed by atoms with Crippen LogP contribution < -0.4 is 11.1 Å². The molecular formula is C13H20N2. The van der Waals surface area contributed by atoms with Crippen LogP contribution in [0.3, 0.4) is 0 Å². The van der Waals surface area contributed by atoms with Gasteiger partial charge in [0, 0.05) is 18.3 Å². The molecule has 15 heavy (non-hydrogen) atoms. The SMILES string of the molecule is C=C(NCCC)C(N)Cc1ccccc1. The first kappa shape index (κ1) is 11.8. The lowest BCUT2D eigenvalue weighted by Crippen LogP contribution is -2.32. The van der Waals surface area contributed by atoms with Crippen LogP contribution in [0.5, 0.6) is 0 Å². The van der Waals surface area contributed by atoms with E-state index in [1.54, 1.807) is 0 Å². The molecule has 0 amide bonds. The van der Waals surface area contributed by atoms with Crippen LogP contribution in [0.2, 0.25) is 0 Å². The van der Waals surface area contributed by atoms with E-state index < -0.39 is 0 Å². The first-order valence-corrected chi connectivity index (χ1v) is 5.46. The van der Waals surface area contributed by atoms with Gasteiger partial charge in [-0.2, -0.15) is 0 Å². The summed E-state index contributed by atoms with van der Waals surface area (Å²) in [5.41, 5.74) is 8.21. The molecular weight excluding hydrogens is 184 g/mol. The highest BCUT2D eigenvalue weighted by molar-refractivity contribution is 5.18. The first-order valence-electron chi connectivity index (χ1n) is 5.46. The van der Waals surface area contributed by atoms with E-state index in [4.69, 9.17) is 5.73 Å². The second-order valence-corrected chi connectivity index (χ2v) is 3.75. The predicted molar refractivity (Wildman–Crippen MR) is 65.6 cm³/mol. The molecule has 0 saturated carbocycles. The van der Waals surface area contributed by atoms with Crippen molar-refractivity contribution in [2.45, 2.75) is 25.8 Å². The van der Waals surface area contributed by atoms with Gasteiger partial charge in [-0.1, -0.05) is 43.8 Å². The summed E-state index contributed by atoms with van der Waals surface area (Å²) in [4.78, 5) is 0. The minimum Gasteiger partial charge on any atom is -0.388 e. The van der Waals surface area contributed by atoms with E-state index in [2.05, 4.69) is 31.0 Å². The zero-order chi connectivity index (χ0) is 11.1. The van der Waals surface area contributed by atoms with E-state index in [1.165, 1.54) is 5.56 Å². The number of hydrogen-bond donors (Lipinski definition) is 2. The fourth-order valence-electron chi connectivity index (χ4n) is 1.41. The van der Waals surface area contributed by atoms with Gasteiger partial charge in [-0.3, -0.25) is 0 Å². The molecule has 1 atom stereocenters. The Kier molecular flexibility index (Phi) is 4.91. The lowest BCUT2D eigenvalue weighted by Gasteiger charge is -2.16. The maximum Gasteiger partial charge on any atom is 0.0479 e. The molecule has 1 aromatic carbocycles. The Balaban J connectivity index is 2.41. The molecule has 0 aliphatic carbocycles. The van der Waals surface area contributed by atoms with Crippen LogP contribution in [0.15, 0.2) is 42.6 Å². The molecule has 3 N–H and O–H groups in total. The van der Waals surface area contributed by atoms with Gasteiger partial charge in [-0.05, 0) is 18.4 Å². The summed E-state index contributed by atoms with van der Waals surface area (Å²) in [5.74, 6) is 0. The van der Waals surface area contributed by atoms with Gasteiger partial charge in [0.15, 0.2) is 0 Å². The van der Waals surface area contributed by atoms with E-state index in [-0.39, 0.29) is 6.04 Å². The quantitative estimate of drug-likeness (QED) is 0.744. The second-order valence-electron chi connectivity index (χ2n) is 3.75. The third kappa shape index (κ3) is 4.17. The summed E-state index contributed by atoms with van der Waals surface area (Å²) in [6.45, 7) is 7.03. The van der Waals surface area contributed by atoms with Gasteiger partial charge in [0.1, 0.15) is 0 Å². The van der Waals surface area contributed by atoms with Crippen LogP contribution in [-0.2, 0) is 6.42 Å². The van der Waals surface area contributed by atoms with Crippen molar-refractivity contribution in [1.82, 2.24) is 5.32 Å². The fraction of sp³-hybridized carbons (Fsp3) is 0.385. The van der Waals surface area contributed by atoms with Gasteiger partial charge in [-0.25, -0.2) is 0 Å². The second kappa shape index (κ2) is 6.25. The average Bonchev–Trinajstić information content (AvgIpc) is 2.27. The average molecular weight is 204 g/mol. The molecule has 2 heteroatoms. The minimum atomic E-state index is -0.000972. The Hall–Kier alpha value is -1.28. The molecule has 0 aliphatic rings. The van der Waals surface area contributed by atoms with Crippen molar-refractivity contribution in [1.29, 1.82) is 0 Å². The number of nitrogens with one attached hydrogen (secondary N) is 1. The molecule has 82 valence electrons. The number of hydrogen-bond acceptors (Lipinski definition) is 2. The third-order valence-electron chi connectivity index (χ3n) is 2.35. The summed E-state index contributed by atoms with van der Waals surface area (Å²) in [6, 6.07) is 10.3. The van der Waals surface area contributed by atoms with Crippen LogP contribution >= 0.6 is 0 Å². The maximum atomic E-state index is 6.03. The Labute approximate surface area is 92.2 Å². The Morgan fingerprint density at radius 1 is 1.40 bits per heavy atom. The topological polar surface area (TPSA) is 38.0 Å². The lowest BCUT2D eigenvalue weighted by atomic mass is 10.0. The highest BCUT2D eigenvalue weighted by atomic mass is 14.9. The maximum absolute atomic E-state index is 6.03. The zero-order valence-corrected chi connectivity index (χ0v) is 9.37. The molecule has 0 saturated heterocycles. The number of benzene rings is 1. The summed E-state index contributed by atoms with van der Waals surface area (Å²) in [5, 5.41) is 3.23. The minimum absolute atomic E-state index is 0.000972. The summed E-state index contributed by atoms with van der Waals surface area (Å²) in [6.07, 6.45) is 1.94. The van der Waals surface area contributed by atoms with Crippen molar-refractivity contribution in [3.05, 3.63) is 48.2 Å². The molecule has 0 fully saturated rings. The van der Waals surface area contributed by atoms with Crippen molar-refractivity contribution in [2.75, 3.05) is 6.54 Å². The molecule has 0 aromatic heterocycles. The van der Waals surface area contributed by atoms with Gasteiger partial charge in [-0.15, -0.1) is 0 Å². The first-order chi connectivity index (χ1) is 7.24. The molecule has 0 spiro atoms. The Morgan fingerprint density at radius 3 is 2.67 bits per heavy atom. The number of nitrogens with two attached hydrogens (primary N) is 1. The van der Waals surface area contributed by atoms with Gasteiger partial charge in [0.05, 0.1) is 0 Å². The molecule has 1 rings (SSSR count). The van der Waals surface area contributed by atoms with Crippen LogP contribution in [0.25, 0.3) is 0 Å². The largest absolute Gasteiger partial charge is 0.388 e. The highest BCUT2D eigenvalue weighted by Crippen LogP contribution is 2.05. The van der Waals surface area contributed by atoms with Crippen molar-refractivity contribution < 1.29 is 0 Å². The molecule has 0 heterocycles. The predicted octanol–water partition coefficient (Wildman–Crippen LogP) is 2.07. The zero-order valence-electron chi connectivity index (χ0n) is 9.37. The highest BCUT2D eigenvalue weighted by Gasteiger charge is 2.06. The summed E-state index contributed by atoms with van der Waals surface area (Å²) < 4.78 is 0. The van der Waals surface area contributed by atoms with E-state index in [0.29, 0.717) is 0 Å². The normalized spacial score (nSPS) is 12.1. The van der Waals surface area contributed by atoms with Crippen LogP contribution in [0, 0.1) is 0 Å². The van der Waals surface area contributed by atoms with Gasteiger partial charge >= 0.3 is 0 Å². The van der Waals surface area contributed by atoms with Crippen molar-refractivity contribution in [3.8, 4) is 0 Å². The van der Waals surface area contributed by atoms with Crippen LogP contribution in [0.1, 0.15) is 18.9 Å². The molecule has 1 unspecified atom stereocenters. The number of rotatable bonds is 6. The molecule has 0 bridgehead atoms. The third-order valence-corrected chi connectivity index (χ3v) is 2.35. The summed E-state index contributed by atoms with van der Waals surface area (Å²) >= 11 is 0. The molecule has 0 aliphatic heterocycles. The van der Waals surface area contributed by atoms with Gasteiger partial charge < -0.3 is 11.1 Å². The lowest BCUT2D eigenvalue weighted by molar-refractivity contribution is 0.659. The van der Waals surface area contributed by atoms with E-state index in [0.717, 1.165) is 25.1 Å². The van der Waals surface area contributed by atoms with E-state index in [9.17, 15) is 0 Å². The van der Waals surface area contributed by atoms with Gasteiger partial charge in [0.25, 0.3) is 0 Å². The monoisotopic (exact) mass is 204 g/mol. The molecule has 2 nitrogen and oxygen atoms in total.